The number of rotatable bonds is 17. The highest BCUT2D eigenvalue weighted by Crippen LogP contribution is 2.06. The van der Waals surface area contributed by atoms with Gasteiger partial charge in [0.15, 0.2) is 5.96 Å². The monoisotopic (exact) mass is 505 g/mol. The largest absolute Gasteiger partial charge is 0.481 e. The predicted octanol–water partition coefficient (Wildman–Crippen LogP) is -2.46. The highest BCUT2D eigenvalue weighted by molar-refractivity contribution is 7.98. The number of carboxylic acid groups (broad SMARTS) is 2. The molecule has 34 heavy (non-hydrogen) atoms. The molecule has 0 aliphatic heterocycles. The lowest BCUT2D eigenvalue weighted by Gasteiger charge is -2.24. The smallest absolute Gasteiger partial charge is 0.325 e. The summed E-state index contributed by atoms with van der Waals surface area (Å²) >= 11 is 1.43. The molecule has 4 atom stereocenters. The number of nitrogens with one attached hydrogen (secondary N) is 3. The first kappa shape index (κ1) is 30.9. The zero-order chi connectivity index (χ0) is 26.3. The molecular formula is C19H35N7O7S. The Morgan fingerprint density at radius 2 is 1.47 bits per heavy atom. The minimum absolute atomic E-state index is 0.0996. The molecule has 0 aromatic rings. The number of hydrogen-bond donors (Lipinski definition) is 8. The van der Waals surface area contributed by atoms with E-state index in [0.717, 1.165) is 0 Å². The molecule has 11 N–H and O–H groups in total. The number of carbonyl (C=O) groups is 5. The Labute approximate surface area is 201 Å². The van der Waals surface area contributed by atoms with Gasteiger partial charge in [-0.05, 0) is 44.6 Å². The van der Waals surface area contributed by atoms with Crippen molar-refractivity contribution in [2.75, 3.05) is 18.6 Å². The molecule has 0 rings (SSSR count). The molecular weight excluding hydrogens is 470 g/mol. The standard InChI is InChI=1S/C19H35N7O7S/c1-10(18(32)33)24-16(30)13(7-9-34-2)26-17(31)12(4-3-8-23-19(21)22)25-15(29)11(20)5-6-14(27)28/h10-13H,3-9,20H2,1-2H3,(H,24,30)(H,25,29)(H,26,31)(H,27,28)(H,32,33)(H4,21,22,23). The number of carboxylic acids is 2. The fourth-order valence-corrected chi connectivity index (χ4v) is 3.09. The summed E-state index contributed by atoms with van der Waals surface area (Å²) in [7, 11) is 0. The second-order valence-electron chi connectivity index (χ2n) is 7.46. The van der Waals surface area contributed by atoms with Crippen LogP contribution in [-0.4, -0.2) is 88.6 Å². The summed E-state index contributed by atoms with van der Waals surface area (Å²) in [5.41, 5.74) is 16.3. The molecule has 0 aromatic heterocycles. The lowest BCUT2D eigenvalue weighted by atomic mass is 10.1. The van der Waals surface area contributed by atoms with Gasteiger partial charge in [0.05, 0.1) is 6.04 Å². The molecule has 0 spiro atoms. The molecule has 3 amide bonds. The van der Waals surface area contributed by atoms with Crippen LogP contribution in [-0.2, 0) is 24.0 Å². The van der Waals surface area contributed by atoms with Crippen LogP contribution in [0.5, 0.6) is 0 Å². The van der Waals surface area contributed by atoms with Crippen LogP contribution >= 0.6 is 11.8 Å². The lowest BCUT2D eigenvalue weighted by Crippen LogP contribution is -2.57. The van der Waals surface area contributed by atoms with E-state index < -0.39 is 53.8 Å². The Hall–Kier alpha value is -3.07. The maximum atomic E-state index is 12.9. The fraction of sp³-hybridized carbons (Fsp3) is 0.684. The number of amides is 3. The maximum absolute atomic E-state index is 12.9. The first-order chi connectivity index (χ1) is 15.9. The van der Waals surface area contributed by atoms with E-state index in [9.17, 15) is 24.0 Å². The molecule has 0 radical (unpaired) electrons. The van der Waals surface area contributed by atoms with Crippen molar-refractivity contribution in [3.05, 3.63) is 0 Å². The van der Waals surface area contributed by atoms with E-state index in [1.165, 1.54) is 18.7 Å². The average Bonchev–Trinajstić information content (AvgIpc) is 2.75. The number of nitrogens with zero attached hydrogens (tertiary/aromatic N) is 1. The molecule has 15 heteroatoms. The lowest BCUT2D eigenvalue weighted by molar-refractivity contribution is -0.142. The highest BCUT2D eigenvalue weighted by Gasteiger charge is 2.29. The van der Waals surface area contributed by atoms with Crippen molar-refractivity contribution in [1.82, 2.24) is 16.0 Å². The van der Waals surface area contributed by atoms with Gasteiger partial charge in [0, 0.05) is 13.0 Å². The third-order valence-electron chi connectivity index (χ3n) is 4.56. The van der Waals surface area contributed by atoms with Crippen LogP contribution in [0.1, 0.15) is 39.0 Å². The normalized spacial score (nSPS) is 14.1. The van der Waals surface area contributed by atoms with Crippen molar-refractivity contribution >= 4 is 47.4 Å². The number of aliphatic carboxylic acids is 2. The average molecular weight is 506 g/mol. The number of hydrogen-bond acceptors (Lipinski definition) is 8. The molecule has 4 unspecified atom stereocenters. The molecule has 194 valence electrons. The molecule has 0 aliphatic carbocycles. The summed E-state index contributed by atoms with van der Waals surface area (Å²) in [5, 5.41) is 25.1. The van der Waals surface area contributed by atoms with Crippen LogP contribution in [0.2, 0.25) is 0 Å². The molecule has 0 bridgehead atoms. The quantitative estimate of drug-likeness (QED) is 0.0584. The molecule has 0 aromatic carbocycles. The van der Waals surface area contributed by atoms with Crippen molar-refractivity contribution in [3.63, 3.8) is 0 Å². The van der Waals surface area contributed by atoms with E-state index in [1.54, 1.807) is 0 Å². The minimum atomic E-state index is -1.23. The number of guanidine groups is 1. The van der Waals surface area contributed by atoms with Gasteiger partial charge in [0.25, 0.3) is 0 Å². The zero-order valence-corrected chi connectivity index (χ0v) is 20.1. The number of carbonyl (C=O) groups excluding carboxylic acids is 3. The van der Waals surface area contributed by atoms with Gasteiger partial charge in [0.2, 0.25) is 17.7 Å². The number of nitrogens with two attached hydrogens (primary N) is 3. The Balaban J connectivity index is 5.41. The topological polar surface area (TPSA) is 252 Å². The van der Waals surface area contributed by atoms with Crippen molar-refractivity contribution in [1.29, 1.82) is 0 Å². The molecule has 14 nitrogen and oxygen atoms in total. The SMILES string of the molecule is CSCCC(NC(=O)C(CCCN=C(N)N)NC(=O)C(N)CCC(=O)O)C(=O)NC(C)C(=O)O. The maximum Gasteiger partial charge on any atom is 0.325 e. The van der Waals surface area contributed by atoms with Crippen molar-refractivity contribution in [2.24, 2.45) is 22.2 Å². The van der Waals surface area contributed by atoms with Crippen molar-refractivity contribution in [3.8, 4) is 0 Å². The van der Waals surface area contributed by atoms with Gasteiger partial charge in [-0.1, -0.05) is 0 Å². The van der Waals surface area contributed by atoms with Crippen molar-refractivity contribution in [2.45, 2.75) is 63.2 Å². The molecule has 0 saturated heterocycles. The van der Waals surface area contributed by atoms with E-state index in [2.05, 4.69) is 20.9 Å². The van der Waals surface area contributed by atoms with Gasteiger partial charge >= 0.3 is 11.9 Å². The van der Waals surface area contributed by atoms with Gasteiger partial charge in [-0.3, -0.25) is 29.0 Å². The van der Waals surface area contributed by atoms with E-state index in [-0.39, 0.29) is 38.2 Å². The van der Waals surface area contributed by atoms with Crippen molar-refractivity contribution < 1.29 is 34.2 Å². The van der Waals surface area contributed by atoms with Gasteiger partial charge in [-0.2, -0.15) is 11.8 Å². The van der Waals surface area contributed by atoms with E-state index in [1.807, 2.05) is 6.26 Å². The Kier molecular flexibility index (Phi) is 15.0. The molecule has 0 fully saturated rings. The van der Waals surface area contributed by atoms with Gasteiger partial charge in [0.1, 0.15) is 18.1 Å². The van der Waals surface area contributed by atoms with Crippen LogP contribution in [0.15, 0.2) is 4.99 Å². The second kappa shape index (κ2) is 16.5. The zero-order valence-electron chi connectivity index (χ0n) is 19.3. The summed E-state index contributed by atoms with van der Waals surface area (Å²) < 4.78 is 0. The van der Waals surface area contributed by atoms with Gasteiger partial charge in [-0.25, -0.2) is 0 Å². The van der Waals surface area contributed by atoms with Crippen LogP contribution in [0.4, 0.5) is 0 Å². The summed E-state index contributed by atoms with van der Waals surface area (Å²) in [5.74, 6) is -4.08. The predicted molar refractivity (Wildman–Crippen MR) is 127 cm³/mol. The third kappa shape index (κ3) is 13.5. The molecule has 0 saturated carbocycles. The molecule has 0 heterocycles. The minimum Gasteiger partial charge on any atom is -0.481 e. The first-order valence-corrected chi connectivity index (χ1v) is 11.9. The fourth-order valence-electron chi connectivity index (χ4n) is 2.61. The number of thioether (sulfide) groups is 1. The first-order valence-electron chi connectivity index (χ1n) is 10.5. The van der Waals surface area contributed by atoms with E-state index >= 15 is 0 Å². The second-order valence-corrected chi connectivity index (χ2v) is 8.45. The summed E-state index contributed by atoms with van der Waals surface area (Å²) in [4.78, 5) is 63.4. The summed E-state index contributed by atoms with van der Waals surface area (Å²) in [6.07, 6.45) is 1.98. The van der Waals surface area contributed by atoms with E-state index in [0.29, 0.717) is 12.2 Å². The van der Waals surface area contributed by atoms with Gasteiger partial charge < -0.3 is 43.4 Å². The van der Waals surface area contributed by atoms with Crippen LogP contribution in [0.3, 0.4) is 0 Å². The van der Waals surface area contributed by atoms with Crippen LogP contribution < -0.4 is 33.2 Å². The van der Waals surface area contributed by atoms with Gasteiger partial charge in [-0.15, -0.1) is 0 Å². The Bertz CT molecular complexity index is 747. The number of aliphatic imine (C=N–C) groups is 1. The Morgan fingerprint density at radius 1 is 0.912 bits per heavy atom. The van der Waals surface area contributed by atoms with Crippen LogP contribution in [0.25, 0.3) is 0 Å². The third-order valence-corrected chi connectivity index (χ3v) is 5.20. The van der Waals surface area contributed by atoms with E-state index in [4.69, 9.17) is 27.4 Å². The molecule has 0 aliphatic rings. The summed E-state index contributed by atoms with van der Waals surface area (Å²) in [6, 6.07) is -4.47. The summed E-state index contributed by atoms with van der Waals surface area (Å²) in [6.45, 7) is 1.47. The highest BCUT2D eigenvalue weighted by atomic mass is 32.2. The Morgan fingerprint density at radius 3 is 2.00 bits per heavy atom. The van der Waals surface area contributed by atoms with Crippen LogP contribution in [0, 0.1) is 0 Å².